The van der Waals surface area contributed by atoms with Gasteiger partial charge < -0.3 is 9.47 Å². The number of hydrogen-bond donors (Lipinski definition) is 1. The molecular formula is C25H21BrF3N3O5. The van der Waals surface area contributed by atoms with Crippen molar-refractivity contribution >= 4 is 33.7 Å². The van der Waals surface area contributed by atoms with Crippen LogP contribution in [0.25, 0.3) is 0 Å². The number of alkyl halides is 3. The number of hydrazone groups is 1. The van der Waals surface area contributed by atoms with Gasteiger partial charge in [-0.1, -0.05) is 36.4 Å². The summed E-state index contributed by atoms with van der Waals surface area (Å²) >= 11 is 3.45. The molecule has 0 atom stereocenters. The number of nitro benzene ring substituents is 1. The molecule has 0 aliphatic rings. The number of carbonyl (C=O) groups excluding carboxylic acids is 1. The molecule has 12 heteroatoms. The van der Waals surface area contributed by atoms with E-state index in [-0.39, 0.29) is 5.56 Å². The Bertz CT molecular complexity index is 1300. The number of rotatable bonds is 10. The van der Waals surface area contributed by atoms with Gasteiger partial charge in [0.2, 0.25) is 5.91 Å². The summed E-state index contributed by atoms with van der Waals surface area (Å²) in [4.78, 5) is 22.5. The normalized spacial score (nSPS) is 11.4. The maximum Gasteiger partial charge on any atom is 0.416 e. The lowest BCUT2D eigenvalue weighted by atomic mass is 10.1. The molecule has 3 aromatic rings. The molecule has 0 fully saturated rings. The number of benzene rings is 3. The van der Waals surface area contributed by atoms with Crippen molar-refractivity contribution in [3.8, 4) is 11.5 Å². The van der Waals surface area contributed by atoms with Crippen molar-refractivity contribution in [3.05, 3.63) is 97.5 Å². The number of amides is 1. The summed E-state index contributed by atoms with van der Waals surface area (Å²) in [6.07, 6.45) is -3.95. The number of hydrogen-bond acceptors (Lipinski definition) is 6. The van der Waals surface area contributed by atoms with Crippen molar-refractivity contribution in [1.82, 2.24) is 5.43 Å². The van der Waals surface area contributed by atoms with Crippen LogP contribution in [-0.4, -0.2) is 23.7 Å². The van der Waals surface area contributed by atoms with Gasteiger partial charge in [-0.05, 0) is 52.2 Å². The molecule has 0 radical (unpaired) electrons. The van der Waals surface area contributed by atoms with Crippen LogP contribution in [0.5, 0.6) is 11.5 Å². The third kappa shape index (κ3) is 7.78. The van der Waals surface area contributed by atoms with Gasteiger partial charge in [0, 0.05) is 11.6 Å². The molecule has 0 bridgehead atoms. The average molecular weight is 580 g/mol. The van der Waals surface area contributed by atoms with Crippen molar-refractivity contribution in [2.45, 2.75) is 26.1 Å². The molecule has 3 aromatic carbocycles. The van der Waals surface area contributed by atoms with Gasteiger partial charge in [0.15, 0.2) is 11.5 Å². The highest BCUT2D eigenvalue weighted by molar-refractivity contribution is 9.10. The molecule has 1 N–H and O–H groups in total. The second-order valence-corrected chi connectivity index (χ2v) is 8.46. The summed E-state index contributed by atoms with van der Waals surface area (Å²) in [6, 6.07) is 14.9. The molecule has 0 heterocycles. The van der Waals surface area contributed by atoms with E-state index in [1.807, 2.05) is 37.3 Å². The van der Waals surface area contributed by atoms with Gasteiger partial charge in [-0.15, -0.1) is 0 Å². The first kappa shape index (κ1) is 27.7. The summed E-state index contributed by atoms with van der Waals surface area (Å²) in [5, 5.41) is 15.0. The van der Waals surface area contributed by atoms with Crippen molar-refractivity contribution in [2.75, 3.05) is 6.61 Å². The Morgan fingerprint density at radius 3 is 2.51 bits per heavy atom. The molecule has 3 rings (SSSR count). The summed E-state index contributed by atoms with van der Waals surface area (Å²) in [5.74, 6) is 0.188. The Labute approximate surface area is 218 Å². The fourth-order valence-corrected chi connectivity index (χ4v) is 3.82. The third-order valence-electron chi connectivity index (χ3n) is 4.92. The molecular weight excluding hydrogens is 559 g/mol. The van der Waals surface area contributed by atoms with Gasteiger partial charge in [-0.3, -0.25) is 14.9 Å². The van der Waals surface area contributed by atoms with Crippen LogP contribution in [0.2, 0.25) is 0 Å². The van der Waals surface area contributed by atoms with Crippen LogP contribution < -0.4 is 14.9 Å². The molecule has 0 aromatic heterocycles. The van der Waals surface area contributed by atoms with E-state index in [1.165, 1.54) is 6.21 Å². The van der Waals surface area contributed by atoms with E-state index in [4.69, 9.17) is 9.47 Å². The van der Waals surface area contributed by atoms with E-state index in [2.05, 4.69) is 26.5 Å². The zero-order chi connectivity index (χ0) is 27.0. The topological polar surface area (TPSA) is 103 Å². The fourth-order valence-electron chi connectivity index (χ4n) is 3.25. The molecule has 8 nitrogen and oxygen atoms in total. The summed E-state index contributed by atoms with van der Waals surface area (Å²) in [5.41, 5.74) is 1.59. The Kier molecular flexibility index (Phi) is 9.23. The van der Waals surface area contributed by atoms with E-state index in [0.29, 0.717) is 46.9 Å². The first-order valence-corrected chi connectivity index (χ1v) is 11.7. The monoisotopic (exact) mass is 579 g/mol. The van der Waals surface area contributed by atoms with Crippen LogP contribution in [0, 0.1) is 10.1 Å². The third-order valence-corrected chi connectivity index (χ3v) is 5.51. The quantitative estimate of drug-likeness (QED) is 0.179. The van der Waals surface area contributed by atoms with Crippen molar-refractivity contribution < 1.29 is 32.4 Å². The predicted molar refractivity (Wildman–Crippen MR) is 134 cm³/mol. The minimum atomic E-state index is -4.74. The summed E-state index contributed by atoms with van der Waals surface area (Å²) in [6.45, 7) is 2.51. The number of ether oxygens (including phenoxy) is 2. The zero-order valence-electron chi connectivity index (χ0n) is 19.4. The van der Waals surface area contributed by atoms with Crippen LogP contribution in [0.4, 0.5) is 18.9 Å². The van der Waals surface area contributed by atoms with Crippen LogP contribution in [0.3, 0.4) is 0 Å². The second kappa shape index (κ2) is 12.3. The van der Waals surface area contributed by atoms with E-state index < -0.39 is 34.7 Å². The van der Waals surface area contributed by atoms with E-state index in [9.17, 15) is 28.1 Å². The van der Waals surface area contributed by atoms with Crippen molar-refractivity contribution in [3.63, 3.8) is 0 Å². The van der Waals surface area contributed by atoms with Gasteiger partial charge in [0.05, 0.1) is 34.2 Å². The number of nitrogens with one attached hydrogen (secondary N) is 1. The van der Waals surface area contributed by atoms with Crippen LogP contribution in [-0.2, 0) is 24.0 Å². The fraction of sp³-hybridized carbons (Fsp3) is 0.200. The van der Waals surface area contributed by atoms with Crippen LogP contribution >= 0.6 is 15.9 Å². The standard InChI is InChI=1S/C25H21BrF3N3O5/c1-2-36-22-11-17(10-20(26)24(22)37-15-16-6-4-3-5-7-16)14-30-31-23(33)12-18-8-9-19(25(27,28)29)13-21(18)32(34)35/h3-11,13-14H,2,12,15H2,1H3,(H,31,33)/b30-14+. The van der Waals surface area contributed by atoms with Crippen LogP contribution in [0.1, 0.15) is 29.2 Å². The second-order valence-electron chi connectivity index (χ2n) is 7.61. The number of nitrogens with zero attached hydrogens (tertiary/aromatic N) is 2. The molecule has 1 amide bonds. The molecule has 0 saturated heterocycles. The maximum atomic E-state index is 12.9. The minimum Gasteiger partial charge on any atom is -0.490 e. The zero-order valence-corrected chi connectivity index (χ0v) is 21.0. The first-order chi connectivity index (χ1) is 17.6. The summed E-state index contributed by atoms with van der Waals surface area (Å²) < 4.78 is 50.8. The van der Waals surface area contributed by atoms with Crippen molar-refractivity contribution in [1.29, 1.82) is 0 Å². The highest BCUT2D eigenvalue weighted by atomic mass is 79.9. The lowest BCUT2D eigenvalue weighted by Crippen LogP contribution is -2.20. The molecule has 0 aliphatic heterocycles. The Morgan fingerprint density at radius 2 is 1.86 bits per heavy atom. The smallest absolute Gasteiger partial charge is 0.416 e. The SMILES string of the molecule is CCOc1cc(/C=N/NC(=O)Cc2ccc(C(F)(F)F)cc2[N+](=O)[O-])cc(Br)c1OCc1ccccc1. The van der Waals surface area contributed by atoms with E-state index >= 15 is 0 Å². The lowest BCUT2D eigenvalue weighted by molar-refractivity contribution is -0.385. The summed E-state index contributed by atoms with van der Waals surface area (Å²) in [7, 11) is 0. The molecule has 0 saturated carbocycles. The van der Waals surface area contributed by atoms with Gasteiger partial charge in [-0.25, -0.2) is 5.43 Å². The maximum absolute atomic E-state index is 12.9. The predicted octanol–water partition coefficient (Wildman–Crippen LogP) is 6.05. The average Bonchev–Trinajstić information content (AvgIpc) is 2.84. The molecule has 194 valence electrons. The van der Waals surface area contributed by atoms with Gasteiger partial charge >= 0.3 is 6.18 Å². The Hall–Kier alpha value is -3.93. The lowest BCUT2D eigenvalue weighted by Gasteiger charge is -2.14. The highest BCUT2D eigenvalue weighted by Crippen LogP contribution is 2.37. The molecule has 0 aliphatic carbocycles. The largest absolute Gasteiger partial charge is 0.490 e. The molecule has 0 spiro atoms. The highest BCUT2D eigenvalue weighted by Gasteiger charge is 2.33. The van der Waals surface area contributed by atoms with Crippen molar-refractivity contribution in [2.24, 2.45) is 5.10 Å². The number of carbonyl (C=O) groups is 1. The van der Waals surface area contributed by atoms with Gasteiger partial charge in [0.25, 0.3) is 5.69 Å². The van der Waals surface area contributed by atoms with Gasteiger partial charge in [-0.2, -0.15) is 18.3 Å². The van der Waals surface area contributed by atoms with E-state index in [0.717, 1.165) is 11.6 Å². The van der Waals surface area contributed by atoms with E-state index in [1.54, 1.807) is 12.1 Å². The molecule has 37 heavy (non-hydrogen) atoms. The number of halogens is 4. The minimum absolute atomic E-state index is 0.174. The number of nitro groups is 1. The van der Waals surface area contributed by atoms with Crippen LogP contribution in [0.15, 0.2) is 70.2 Å². The Morgan fingerprint density at radius 1 is 1.14 bits per heavy atom. The first-order valence-electron chi connectivity index (χ1n) is 10.9. The molecule has 0 unspecified atom stereocenters. The Balaban J connectivity index is 1.70. The van der Waals surface area contributed by atoms with Gasteiger partial charge in [0.1, 0.15) is 6.61 Å².